The van der Waals surface area contributed by atoms with Crippen molar-refractivity contribution in [3.8, 4) is 0 Å². The lowest BCUT2D eigenvalue weighted by Gasteiger charge is -2.27. The van der Waals surface area contributed by atoms with Crippen molar-refractivity contribution in [3.05, 3.63) is 40.8 Å². The number of hydrogen-bond donors (Lipinski definition) is 1. The Morgan fingerprint density at radius 1 is 1.12 bits per heavy atom. The van der Waals surface area contributed by atoms with Crippen molar-refractivity contribution in [3.63, 3.8) is 0 Å². The van der Waals surface area contributed by atoms with Gasteiger partial charge in [-0.2, -0.15) is 4.31 Å². The summed E-state index contributed by atoms with van der Waals surface area (Å²) in [6.45, 7) is 10.4. The van der Waals surface area contributed by atoms with E-state index in [2.05, 4.69) is 20.8 Å². The SMILES string of the molecule is CC(C)(C)CCC(C)(C)C(=O)OCn1ccc2c(S(=O)(=O)N3CCC(N)C3)cccc2c1=O. The minimum Gasteiger partial charge on any atom is -0.443 e. The van der Waals surface area contributed by atoms with E-state index in [9.17, 15) is 18.0 Å². The first-order chi connectivity index (χ1) is 15.2. The average molecular weight is 478 g/mol. The Balaban J connectivity index is 1.82. The molecule has 0 aliphatic carbocycles. The fraction of sp³-hybridized carbons (Fsp3) is 0.583. The number of rotatable bonds is 7. The van der Waals surface area contributed by atoms with Crippen LogP contribution in [0.2, 0.25) is 0 Å². The number of benzene rings is 1. The summed E-state index contributed by atoms with van der Waals surface area (Å²) in [5.41, 5.74) is 4.90. The van der Waals surface area contributed by atoms with Crippen molar-refractivity contribution in [1.82, 2.24) is 8.87 Å². The number of sulfonamides is 1. The van der Waals surface area contributed by atoms with Crippen LogP contribution in [-0.4, -0.2) is 42.4 Å². The molecule has 1 fully saturated rings. The number of nitrogens with zero attached hydrogens (tertiary/aromatic N) is 2. The van der Waals surface area contributed by atoms with Crippen molar-refractivity contribution in [2.24, 2.45) is 16.6 Å². The Hall–Kier alpha value is -2.23. The summed E-state index contributed by atoms with van der Waals surface area (Å²) in [6, 6.07) is 6.03. The third kappa shape index (κ3) is 5.65. The summed E-state index contributed by atoms with van der Waals surface area (Å²) in [4.78, 5) is 25.8. The molecule has 2 N–H and O–H groups in total. The van der Waals surface area contributed by atoms with Crippen LogP contribution in [0, 0.1) is 10.8 Å². The molecule has 1 atom stereocenters. The molecule has 1 aromatic carbocycles. The highest BCUT2D eigenvalue weighted by Gasteiger charge is 2.33. The minimum absolute atomic E-state index is 0.0821. The molecule has 0 amide bonds. The maximum absolute atomic E-state index is 13.1. The number of nitrogens with two attached hydrogens (primary N) is 1. The molecule has 1 aliphatic rings. The average Bonchev–Trinajstić information content (AvgIpc) is 3.18. The summed E-state index contributed by atoms with van der Waals surface area (Å²) >= 11 is 0. The van der Waals surface area contributed by atoms with E-state index in [1.807, 2.05) is 13.8 Å². The topological polar surface area (TPSA) is 112 Å². The van der Waals surface area contributed by atoms with E-state index in [4.69, 9.17) is 10.5 Å². The molecule has 0 saturated carbocycles. The Labute approximate surface area is 195 Å². The number of carbonyl (C=O) groups excluding carboxylic acids is 1. The van der Waals surface area contributed by atoms with Crippen LogP contribution < -0.4 is 11.3 Å². The van der Waals surface area contributed by atoms with Crippen LogP contribution in [0.25, 0.3) is 10.8 Å². The Morgan fingerprint density at radius 2 is 1.82 bits per heavy atom. The highest BCUT2D eigenvalue weighted by atomic mass is 32.2. The molecule has 1 unspecified atom stereocenters. The molecule has 3 rings (SSSR count). The Morgan fingerprint density at radius 3 is 2.42 bits per heavy atom. The van der Waals surface area contributed by atoms with E-state index in [-0.39, 0.29) is 41.0 Å². The van der Waals surface area contributed by atoms with Crippen LogP contribution in [0.4, 0.5) is 0 Å². The predicted octanol–water partition coefficient (Wildman–Crippen LogP) is 3.08. The number of fused-ring (bicyclic) bond motifs is 1. The molecule has 2 aromatic rings. The summed E-state index contributed by atoms with van der Waals surface area (Å²) in [5.74, 6) is -0.375. The number of pyridine rings is 1. The van der Waals surface area contributed by atoms with Gasteiger partial charge in [-0.05, 0) is 56.7 Å². The zero-order chi connectivity index (χ0) is 24.6. The lowest BCUT2D eigenvalue weighted by Crippen LogP contribution is -2.32. The van der Waals surface area contributed by atoms with E-state index >= 15 is 0 Å². The van der Waals surface area contributed by atoms with Gasteiger partial charge in [0, 0.05) is 36.1 Å². The maximum Gasteiger partial charge on any atom is 0.313 e. The van der Waals surface area contributed by atoms with Crippen molar-refractivity contribution < 1.29 is 17.9 Å². The molecule has 0 radical (unpaired) electrons. The van der Waals surface area contributed by atoms with Gasteiger partial charge in [-0.25, -0.2) is 8.42 Å². The Kier molecular flexibility index (Phi) is 7.07. The lowest BCUT2D eigenvalue weighted by molar-refractivity contribution is -0.158. The van der Waals surface area contributed by atoms with Crippen molar-refractivity contribution >= 4 is 26.8 Å². The van der Waals surface area contributed by atoms with E-state index in [0.29, 0.717) is 24.8 Å². The second-order valence-corrected chi connectivity index (χ2v) is 12.6. The van der Waals surface area contributed by atoms with Gasteiger partial charge in [-0.15, -0.1) is 0 Å². The summed E-state index contributed by atoms with van der Waals surface area (Å²) < 4.78 is 34.4. The normalized spacial score (nSPS) is 18.1. The standard InChI is InChI=1S/C24H35N3O5S/c1-23(2,3)11-12-24(4,5)22(29)32-16-26-13-10-18-19(21(26)28)7-6-8-20(18)33(30,31)27-14-9-17(25)15-27/h6-8,10,13,17H,9,11-12,14-16,25H2,1-5H3. The molecule has 1 aliphatic heterocycles. The zero-order valence-corrected chi connectivity index (χ0v) is 20.9. The van der Waals surface area contributed by atoms with E-state index in [1.54, 1.807) is 18.2 Å². The first-order valence-electron chi connectivity index (χ1n) is 11.3. The van der Waals surface area contributed by atoms with E-state index in [0.717, 1.165) is 6.42 Å². The number of aromatic nitrogens is 1. The smallest absolute Gasteiger partial charge is 0.313 e. The Bertz CT molecular complexity index is 1190. The van der Waals surface area contributed by atoms with E-state index in [1.165, 1.54) is 21.1 Å². The molecule has 9 heteroatoms. The predicted molar refractivity (Wildman–Crippen MR) is 128 cm³/mol. The molecule has 2 heterocycles. The van der Waals surface area contributed by atoms with Gasteiger partial charge in [0.2, 0.25) is 10.0 Å². The van der Waals surface area contributed by atoms with Gasteiger partial charge in [-0.1, -0.05) is 26.8 Å². The van der Waals surface area contributed by atoms with Crippen LogP contribution in [0.5, 0.6) is 0 Å². The summed E-state index contributed by atoms with van der Waals surface area (Å²) in [5, 5.41) is 0.598. The second kappa shape index (κ2) is 9.19. The third-order valence-corrected chi connectivity index (χ3v) is 8.09. The molecule has 1 aromatic heterocycles. The maximum atomic E-state index is 13.1. The lowest BCUT2D eigenvalue weighted by atomic mass is 9.80. The van der Waals surface area contributed by atoms with Gasteiger partial charge in [0.1, 0.15) is 0 Å². The highest BCUT2D eigenvalue weighted by Crippen LogP contribution is 2.31. The first-order valence-corrected chi connectivity index (χ1v) is 12.7. The minimum atomic E-state index is -3.77. The zero-order valence-electron chi connectivity index (χ0n) is 20.1. The number of carbonyl (C=O) groups is 1. The van der Waals surface area contributed by atoms with Crippen LogP contribution >= 0.6 is 0 Å². The van der Waals surface area contributed by atoms with Crippen LogP contribution in [0.1, 0.15) is 53.9 Å². The highest BCUT2D eigenvalue weighted by molar-refractivity contribution is 7.89. The quantitative estimate of drug-likeness (QED) is 0.614. The molecule has 182 valence electrons. The van der Waals surface area contributed by atoms with Gasteiger partial charge in [0.15, 0.2) is 6.73 Å². The van der Waals surface area contributed by atoms with Gasteiger partial charge in [0.05, 0.1) is 10.3 Å². The monoisotopic (exact) mass is 477 g/mol. The largest absolute Gasteiger partial charge is 0.443 e. The number of ether oxygens (including phenoxy) is 1. The molecule has 8 nitrogen and oxygen atoms in total. The molecule has 33 heavy (non-hydrogen) atoms. The van der Waals surface area contributed by atoms with E-state index < -0.39 is 21.0 Å². The van der Waals surface area contributed by atoms with Crippen molar-refractivity contribution in [1.29, 1.82) is 0 Å². The molecular weight excluding hydrogens is 442 g/mol. The first kappa shape index (κ1) is 25.4. The van der Waals surface area contributed by atoms with Gasteiger partial charge >= 0.3 is 5.97 Å². The number of esters is 1. The van der Waals surface area contributed by atoms with Gasteiger partial charge in [0.25, 0.3) is 5.56 Å². The molecular formula is C24H35N3O5S. The number of hydrogen-bond acceptors (Lipinski definition) is 6. The summed E-state index contributed by atoms with van der Waals surface area (Å²) in [6.07, 6.45) is 3.61. The third-order valence-electron chi connectivity index (χ3n) is 6.17. The van der Waals surface area contributed by atoms with Crippen molar-refractivity contribution in [2.45, 2.75) is 71.5 Å². The fourth-order valence-corrected chi connectivity index (χ4v) is 5.56. The van der Waals surface area contributed by atoms with Crippen LogP contribution in [0.3, 0.4) is 0 Å². The van der Waals surface area contributed by atoms with Crippen molar-refractivity contribution in [2.75, 3.05) is 13.1 Å². The molecule has 0 spiro atoms. The van der Waals surface area contributed by atoms with Crippen LogP contribution in [-0.2, 0) is 26.3 Å². The summed E-state index contributed by atoms with van der Waals surface area (Å²) in [7, 11) is -3.77. The molecule has 1 saturated heterocycles. The van der Waals surface area contributed by atoms with Gasteiger partial charge < -0.3 is 10.5 Å². The fourth-order valence-electron chi connectivity index (χ4n) is 3.84. The second-order valence-electron chi connectivity index (χ2n) is 10.7. The molecule has 0 bridgehead atoms. The van der Waals surface area contributed by atoms with Gasteiger partial charge in [-0.3, -0.25) is 14.2 Å². The van der Waals surface area contributed by atoms with Crippen LogP contribution in [0.15, 0.2) is 40.2 Å².